The molecule has 1 N–H and O–H groups in total. The molecule has 2 rings (SSSR count). The van der Waals surface area contributed by atoms with E-state index in [9.17, 15) is 5.11 Å². The van der Waals surface area contributed by atoms with Gasteiger partial charge < -0.3 is 5.11 Å². The van der Waals surface area contributed by atoms with Crippen LogP contribution in [-0.4, -0.2) is 5.11 Å². The number of benzene rings is 1. The molecule has 0 unspecified atom stereocenters. The molecule has 0 saturated heterocycles. The Kier molecular flexibility index (Phi) is 2.93. The van der Waals surface area contributed by atoms with Crippen molar-refractivity contribution in [1.82, 2.24) is 0 Å². The van der Waals surface area contributed by atoms with Crippen LogP contribution in [-0.2, 0) is 0 Å². The molecule has 0 fully saturated rings. The van der Waals surface area contributed by atoms with Crippen LogP contribution in [0, 0.1) is 0 Å². The SMILES string of the molecule is CC1=C(C)C(=C(O)c2ccccc2)C(C)=C1C. The second kappa shape index (κ2) is 4.25. The minimum Gasteiger partial charge on any atom is -0.507 e. The zero-order valence-corrected chi connectivity index (χ0v) is 10.8. The summed E-state index contributed by atoms with van der Waals surface area (Å²) in [4.78, 5) is 0. The van der Waals surface area contributed by atoms with E-state index < -0.39 is 0 Å². The molecule has 17 heavy (non-hydrogen) atoms. The van der Waals surface area contributed by atoms with Crippen LogP contribution >= 0.6 is 0 Å². The fourth-order valence-electron chi connectivity index (χ4n) is 2.31. The number of hydrogen-bond acceptors (Lipinski definition) is 1. The Morgan fingerprint density at radius 3 is 1.71 bits per heavy atom. The van der Waals surface area contributed by atoms with Crippen molar-refractivity contribution >= 4 is 5.76 Å². The first-order valence-corrected chi connectivity index (χ1v) is 5.88. The summed E-state index contributed by atoms with van der Waals surface area (Å²) in [5.41, 5.74) is 6.79. The van der Waals surface area contributed by atoms with Gasteiger partial charge in [-0.05, 0) is 50.0 Å². The molecule has 1 aromatic rings. The molecule has 1 nitrogen and oxygen atoms in total. The fourth-order valence-corrected chi connectivity index (χ4v) is 2.31. The van der Waals surface area contributed by atoms with Gasteiger partial charge in [-0.1, -0.05) is 30.3 Å². The summed E-state index contributed by atoms with van der Waals surface area (Å²) in [6.07, 6.45) is 0. The third-order valence-electron chi connectivity index (χ3n) is 3.72. The van der Waals surface area contributed by atoms with Crippen LogP contribution < -0.4 is 0 Å². The molecule has 0 saturated carbocycles. The van der Waals surface area contributed by atoms with Gasteiger partial charge in [0, 0.05) is 11.1 Å². The van der Waals surface area contributed by atoms with E-state index >= 15 is 0 Å². The van der Waals surface area contributed by atoms with Gasteiger partial charge >= 0.3 is 0 Å². The van der Waals surface area contributed by atoms with Gasteiger partial charge in [0.05, 0.1) is 0 Å². The summed E-state index contributed by atoms with van der Waals surface area (Å²) in [5, 5.41) is 10.4. The summed E-state index contributed by atoms with van der Waals surface area (Å²) < 4.78 is 0. The van der Waals surface area contributed by atoms with Crippen molar-refractivity contribution in [2.75, 3.05) is 0 Å². The fraction of sp³-hybridized carbons (Fsp3) is 0.250. The van der Waals surface area contributed by atoms with Gasteiger partial charge in [0.25, 0.3) is 0 Å². The lowest BCUT2D eigenvalue weighted by molar-refractivity contribution is 0.508. The topological polar surface area (TPSA) is 20.2 Å². The highest BCUT2D eigenvalue weighted by Gasteiger charge is 2.22. The molecule has 88 valence electrons. The molecule has 0 aliphatic heterocycles. The molecule has 0 heterocycles. The Labute approximate surface area is 103 Å². The van der Waals surface area contributed by atoms with Crippen LogP contribution in [0.1, 0.15) is 33.3 Å². The van der Waals surface area contributed by atoms with E-state index in [1.54, 1.807) is 0 Å². The molecule has 0 bridgehead atoms. The number of allylic oxidation sites excluding steroid dienone is 5. The maximum atomic E-state index is 10.4. The van der Waals surface area contributed by atoms with Gasteiger partial charge in [-0.15, -0.1) is 0 Å². The van der Waals surface area contributed by atoms with Crippen molar-refractivity contribution in [3.63, 3.8) is 0 Å². The monoisotopic (exact) mass is 226 g/mol. The second-order valence-corrected chi connectivity index (χ2v) is 4.59. The maximum Gasteiger partial charge on any atom is 0.130 e. The van der Waals surface area contributed by atoms with Crippen LogP contribution in [0.25, 0.3) is 5.76 Å². The van der Waals surface area contributed by atoms with Gasteiger partial charge in [-0.25, -0.2) is 0 Å². The van der Waals surface area contributed by atoms with Gasteiger partial charge in [-0.3, -0.25) is 0 Å². The van der Waals surface area contributed by atoms with Crippen molar-refractivity contribution in [3.8, 4) is 0 Å². The van der Waals surface area contributed by atoms with E-state index in [0.717, 1.165) is 11.1 Å². The summed E-state index contributed by atoms with van der Waals surface area (Å²) in [5.74, 6) is 0.386. The van der Waals surface area contributed by atoms with E-state index in [1.165, 1.54) is 22.3 Å². The number of aliphatic hydroxyl groups is 1. The first-order valence-electron chi connectivity index (χ1n) is 5.88. The average molecular weight is 226 g/mol. The normalized spacial score (nSPS) is 15.9. The van der Waals surface area contributed by atoms with E-state index in [2.05, 4.69) is 27.7 Å². The lowest BCUT2D eigenvalue weighted by Crippen LogP contribution is -1.92. The number of aliphatic hydroxyl groups excluding tert-OH is 1. The Bertz CT molecular complexity index is 516. The van der Waals surface area contributed by atoms with Crippen LogP contribution in [0.5, 0.6) is 0 Å². The third-order valence-corrected chi connectivity index (χ3v) is 3.72. The number of hydrogen-bond donors (Lipinski definition) is 1. The Morgan fingerprint density at radius 1 is 0.765 bits per heavy atom. The minimum atomic E-state index is 0.386. The quantitative estimate of drug-likeness (QED) is 0.691. The second-order valence-electron chi connectivity index (χ2n) is 4.59. The first-order chi connectivity index (χ1) is 8.04. The molecular weight excluding hydrogens is 208 g/mol. The van der Waals surface area contributed by atoms with E-state index in [-0.39, 0.29) is 0 Å². The highest BCUT2D eigenvalue weighted by molar-refractivity contribution is 5.76. The summed E-state index contributed by atoms with van der Waals surface area (Å²) in [6, 6.07) is 9.72. The molecule has 1 aliphatic rings. The van der Waals surface area contributed by atoms with Crippen LogP contribution in [0.3, 0.4) is 0 Å². The average Bonchev–Trinajstić information content (AvgIpc) is 2.54. The standard InChI is InChI=1S/C16H18O/c1-10-11(2)13(4)15(12(10)3)16(17)14-8-6-5-7-9-14/h5-9,17H,1-4H3. The van der Waals surface area contributed by atoms with Crippen LogP contribution in [0.15, 0.2) is 58.2 Å². The van der Waals surface area contributed by atoms with Crippen LogP contribution in [0.2, 0.25) is 0 Å². The van der Waals surface area contributed by atoms with Crippen molar-refractivity contribution in [1.29, 1.82) is 0 Å². The van der Waals surface area contributed by atoms with Gasteiger partial charge in [0.1, 0.15) is 5.76 Å². The predicted molar refractivity (Wildman–Crippen MR) is 72.7 cm³/mol. The van der Waals surface area contributed by atoms with Crippen molar-refractivity contribution in [2.24, 2.45) is 0 Å². The van der Waals surface area contributed by atoms with Gasteiger partial charge in [0.15, 0.2) is 0 Å². The molecule has 0 spiro atoms. The molecule has 1 aromatic carbocycles. The van der Waals surface area contributed by atoms with Crippen LogP contribution in [0.4, 0.5) is 0 Å². The molecule has 0 atom stereocenters. The van der Waals surface area contributed by atoms with Crippen molar-refractivity contribution in [3.05, 3.63) is 63.8 Å². The highest BCUT2D eigenvalue weighted by Crippen LogP contribution is 2.39. The molecule has 1 heteroatoms. The lowest BCUT2D eigenvalue weighted by atomic mass is 9.99. The van der Waals surface area contributed by atoms with Crippen molar-refractivity contribution in [2.45, 2.75) is 27.7 Å². The molecule has 0 amide bonds. The smallest absolute Gasteiger partial charge is 0.130 e. The zero-order chi connectivity index (χ0) is 12.6. The van der Waals surface area contributed by atoms with E-state index in [0.29, 0.717) is 5.76 Å². The largest absolute Gasteiger partial charge is 0.507 e. The Morgan fingerprint density at radius 2 is 1.24 bits per heavy atom. The van der Waals surface area contributed by atoms with E-state index in [4.69, 9.17) is 0 Å². The van der Waals surface area contributed by atoms with Gasteiger partial charge in [0.2, 0.25) is 0 Å². The third kappa shape index (κ3) is 1.82. The zero-order valence-electron chi connectivity index (χ0n) is 10.8. The molecule has 0 radical (unpaired) electrons. The molecule has 1 aliphatic carbocycles. The first kappa shape index (κ1) is 11.7. The number of rotatable bonds is 1. The lowest BCUT2D eigenvalue weighted by Gasteiger charge is -2.08. The van der Waals surface area contributed by atoms with Gasteiger partial charge in [-0.2, -0.15) is 0 Å². The van der Waals surface area contributed by atoms with E-state index in [1.807, 2.05) is 30.3 Å². The Hall–Kier alpha value is -1.76. The molecule has 0 aromatic heterocycles. The maximum absolute atomic E-state index is 10.4. The summed E-state index contributed by atoms with van der Waals surface area (Å²) in [7, 11) is 0. The van der Waals surface area contributed by atoms with Crippen molar-refractivity contribution < 1.29 is 5.11 Å². The summed E-state index contributed by atoms with van der Waals surface area (Å²) >= 11 is 0. The highest BCUT2D eigenvalue weighted by atomic mass is 16.3. The minimum absolute atomic E-state index is 0.386. The summed E-state index contributed by atoms with van der Waals surface area (Å²) in [6.45, 7) is 8.37. The predicted octanol–water partition coefficient (Wildman–Crippen LogP) is 4.64. The Balaban J connectivity index is 2.62. The molecular formula is C16H18O.